The van der Waals surface area contributed by atoms with Crippen molar-refractivity contribution >= 4 is 21.9 Å². The molecule has 0 atom stereocenters. The molecule has 0 saturated heterocycles. The Morgan fingerprint density at radius 1 is 0.972 bits per heavy atom. The summed E-state index contributed by atoms with van der Waals surface area (Å²) < 4.78 is 50.5. The Bertz CT molecular complexity index is 1930. The van der Waals surface area contributed by atoms with Crippen LogP contribution in [0.1, 0.15) is 66.4 Å². The van der Waals surface area contributed by atoms with E-state index in [1.807, 2.05) is 6.07 Å². The Hall–Kier alpha value is -3.90. The Morgan fingerprint density at radius 3 is 2.44 bits per heavy atom. The molecule has 1 saturated carbocycles. The first-order valence-electron chi connectivity index (χ1n) is 15.0. The number of hydrogen-bond acceptors (Lipinski definition) is 2. The minimum atomic E-state index is -0.459. The van der Waals surface area contributed by atoms with Gasteiger partial charge in [0, 0.05) is 34.9 Å². The molecule has 0 bridgehead atoms. The van der Waals surface area contributed by atoms with Crippen molar-refractivity contribution in [3.8, 4) is 28.5 Å². The molecule has 0 amide bonds. The van der Waals surface area contributed by atoms with Crippen LogP contribution in [0.25, 0.3) is 44.3 Å². The lowest BCUT2D eigenvalue weighted by molar-refractivity contribution is -0.667. The number of fused-ring (bicyclic) bond motifs is 3. The second-order valence-corrected chi connectivity index (χ2v) is 9.98. The van der Waals surface area contributed by atoms with Gasteiger partial charge in [-0.15, -0.1) is 0 Å². The molecule has 1 aliphatic rings. The molecule has 1 aliphatic carbocycles. The van der Waals surface area contributed by atoms with Gasteiger partial charge in [0.15, 0.2) is 5.69 Å². The van der Waals surface area contributed by atoms with Crippen LogP contribution in [-0.4, -0.2) is 0 Å². The van der Waals surface area contributed by atoms with Crippen LogP contribution >= 0.6 is 0 Å². The minimum absolute atomic E-state index is 0.0238. The SMILES string of the molecule is [2H]c1c([2H])c([2H])c(-c2cc(C#N)cc3c2oc2c(-c4cc(C5CCCC5)c(C)c(C)[n+]4C)c(C)ccc23)c([2H])c1[2H]. The van der Waals surface area contributed by atoms with E-state index in [9.17, 15) is 5.26 Å². The Labute approximate surface area is 219 Å². The summed E-state index contributed by atoms with van der Waals surface area (Å²) in [6.45, 7) is 6.42. The van der Waals surface area contributed by atoms with E-state index in [4.69, 9.17) is 11.3 Å². The molecule has 36 heavy (non-hydrogen) atoms. The molecule has 0 unspecified atom stereocenters. The maximum absolute atomic E-state index is 9.89. The fourth-order valence-electron chi connectivity index (χ4n) is 5.89. The van der Waals surface area contributed by atoms with Crippen LogP contribution in [0.3, 0.4) is 0 Å². The molecule has 3 heteroatoms. The molecule has 2 heterocycles. The Balaban J connectivity index is 1.72. The first-order chi connectivity index (χ1) is 19.5. The van der Waals surface area contributed by atoms with Crippen LogP contribution in [0, 0.1) is 32.1 Å². The van der Waals surface area contributed by atoms with Crippen LogP contribution in [0.4, 0.5) is 0 Å². The van der Waals surface area contributed by atoms with Gasteiger partial charge in [0.1, 0.15) is 18.2 Å². The van der Waals surface area contributed by atoms with Crippen molar-refractivity contribution in [1.29, 1.82) is 5.26 Å². The van der Waals surface area contributed by atoms with E-state index in [1.165, 1.54) is 42.5 Å². The number of rotatable bonds is 3. The zero-order valence-electron chi connectivity index (χ0n) is 26.1. The van der Waals surface area contributed by atoms with Crippen molar-refractivity contribution in [2.24, 2.45) is 7.05 Å². The number of pyridine rings is 1. The van der Waals surface area contributed by atoms with Crippen molar-refractivity contribution in [2.75, 3.05) is 0 Å². The van der Waals surface area contributed by atoms with Gasteiger partial charge in [-0.3, -0.25) is 0 Å². The third-order valence-electron chi connectivity index (χ3n) is 8.03. The topological polar surface area (TPSA) is 40.8 Å². The van der Waals surface area contributed by atoms with Gasteiger partial charge in [-0.05, 0) is 61.4 Å². The van der Waals surface area contributed by atoms with Crippen molar-refractivity contribution in [2.45, 2.75) is 52.4 Å². The number of furan rings is 1. The van der Waals surface area contributed by atoms with Crippen molar-refractivity contribution in [1.82, 2.24) is 0 Å². The van der Waals surface area contributed by atoms with E-state index in [0.29, 0.717) is 33.6 Å². The molecule has 2 aromatic heterocycles. The first-order valence-corrected chi connectivity index (χ1v) is 12.5. The van der Waals surface area contributed by atoms with Crippen molar-refractivity contribution in [3.63, 3.8) is 0 Å². The molecule has 3 nitrogen and oxygen atoms in total. The first kappa shape index (κ1) is 17.5. The van der Waals surface area contributed by atoms with E-state index < -0.39 is 18.1 Å². The molecule has 3 aromatic carbocycles. The summed E-state index contributed by atoms with van der Waals surface area (Å²) in [4.78, 5) is 0. The lowest BCUT2D eigenvalue weighted by Crippen LogP contribution is -2.36. The van der Waals surface area contributed by atoms with E-state index in [1.54, 1.807) is 12.1 Å². The molecule has 1 fully saturated rings. The zero-order valence-corrected chi connectivity index (χ0v) is 21.1. The number of aryl methyl sites for hydroxylation is 1. The van der Waals surface area contributed by atoms with Crippen LogP contribution in [0.15, 0.2) is 65.0 Å². The second kappa shape index (κ2) is 8.64. The molecule has 6 rings (SSSR count). The summed E-state index contributed by atoms with van der Waals surface area (Å²) >= 11 is 0. The van der Waals surface area contributed by atoms with E-state index in [-0.39, 0.29) is 17.6 Å². The molecular weight excluding hydrogens is 440 g/mol. The zero-order chi connectivity index (χ0) is 29.3. The highest BCUT2D eigenvalue weighted by molar-refractivity contribution is 6.13. The van der Waals surface area contributed by atoms with Gasteiger partial charge in [-0.2, -0.15) is 9.83 Å². The predicted molar refractivity (Wildman–Crippen MR) is 146 cm³/mol. The predicted octanol–water partition coefficient (Wildman–Crippen LogP) is 8.20. The summed E-state index contributed by atoms with van der Waals surface area (Å²) in [5.74, 6) is 0.540. The standard InChI is InChI=1S/C33H31N2O/c1-20-14-15-26-29-17-23(19-34)16-28(25-10-6-5-7-11-25)32(29)36-33(26)31(20)30-18-27(24-12-8-9-13-24)21(2)22(3)35(30)4/h5-7,10-11,14-18,24H,8-9,12-13H2,1-4H3/q+1/i5D,6D,7D,10D,11D. The molecule has 0 spiro atoms. The maximum Gasteiger partial charge on any atom is 0.216 e. The molecule has 178 valence electrons. The average Bonchev–Trinajstić information content (AvgIpc) is 3.63. The summed E-state index contributed by atoms with van der Waals surface area (Å²) in [7, 11) is 2.07. The third-order valence-corrected chi connectivity index (χ3v) is 8.03. The van der Waals surface area contributed by atoms with E-state index in [2.05, 4.69) is 50.6 Å². The lowest BCUT2D eigenvalue weighted by Gasteiger charge is -2.16. The number of aromatic nitrogens is 1. The van der Waals surface area contributed by atoms with Crippen LogP contribution in [0.2, 0.25) is 0 Å². The van der Waals surface area contributed by atoms with Gasteiger partial charge in [0.05, 0.1) is 24.0 Å². The van der Waals surface area contributed by atoms with E-state index >= 15 is 0 Å². The number of nitriles is 1. The number of nitrogens with zero attached hydrogens (tertiary/aromatic N) is 2. The van der Waals surface area contributed by atoms with Gasteiger partial charge in [-0.1, -0.05) is 55.2 Å². The smallest absolute Gasteiger partial charge is 0.216 e. The summed E-state index contributed by atoms with van der Waals surface area (Å²) in [6, 6.07) is 9.87. The molecule has 0 radical (unpaired) electrons. The van der Waals surface area contributed by atoms with Gasteiger partial charge in [0.25, 0.3) is 0 Å². The Kier molecular flexibility index (Phi) is 4.21. The summed E-state index contributed by atoms with van der Waals surface area (Å²) in [5, 5.41) is 11.4. The lowest BCUT2D eigenvalue weighted by atomic mass is 9.90. The summed E-state index contributed by atoms with van der Waals surface area (Å²) in [6.07, 6.45) is 4.89. The third kappa shape index (κ3) is 3.44. The molecule has 0 N–H and O–H groups in total. The minimum Gasteiger partial charge on any atom is -0.454 e. The second-order valence-electron chi connectivity index (χ2n) is 9.98. The normalized spacial score (nSPS) is 16.0. The van der Waals surface area contributed by atoms with Crippen LogP contribution in [-0.2, 0) is 7.05 Å². The highest BCUT2D eigenvalue weighted by atomic mass is 16.3. The van der Waals surface area contributed by atoms with E-state index in [0.717, 1.165) is 22.2 Å². The molecule has 0 aliphatic heterocycles. The number of benzene rings is 3. The average molecular weight is 477 g/mol. The molecular formula is C33H31N2O+. The fraction of sp³-hybridized carbons (Fsp3) is 0.273. The quantitative estimate of drug-likeness (QED) is 0.246. The Morgan fingerprint density at radius 2 is 1.72 bits per heavy atom. The fourth-order valence-corrected chi connectivity index (χ4v) is 5.89. The van der Waals surface area contributed by atoms with Crippen LogP contribution in [0.5, 0.6) is 0 Å². The highest BCUT2D eigenvalue weighted by Gasteiger charge is 2.28. The van der Waals surface area contributed by atoms with Gasteiger partial charge in [-0.25, -0.2) is 0 Å². The monoisotopic (exact) mass is 476 g/mol. The van der Waals surface area contributed by atoms with Crippen molar-refractivity contribution in [3.05, 3.63) is 88.5 Å². The van der Waals surface area contributed by atoms with Crippen LogP contribution < -0.4 is 4.57 Å². The van der Waals surface area contributed by atoms with Crippen molar-refractivity contribution < 1.29 is 15.8 Å². The maximum atomic E-state index is 9.89. The van der Waals surface area contributed by atoms with Gasteiger partial charge < -0.3 is 4.42 Å². The molecule has 5 aromatic rings. The van der Waals surface area contributed by atoms with Gasteiger partial charge >= 0.3 is 0 Å². The largest absolute Gasteiger partial charge is 0.454 e. The summed E-state index contributed by atoms with van der Waals surface area (Å²) in [5.41, 5.74) is 8.64. The van der Waals surface area contributed by atoms with Gasteiger partial charge in [0.2, 0.25) is 5.69 Å². The highest BCUT2D eigenvalue weighted by Crippen LogP contribution is 2.43. The number of hydrogen-bond donors (Lipinski definition) is 0.